The van der Waals surface area contributed by atoms with E-state index >= 15 is 0 Å². The molecule has 0 radical (unpaired) electrons. The maximum absolute atomic E-state index is 3.23. The molecule has 38 heavy (non-hydrogen) atoms. The SMILES string of the molecule is CCC1=C(CC)C[C-]=C1.Cc1ccc2c(c1)[cH-]c1cc(C)ccc12.[Zr+2]=[C](c1ccccc1)c1ccccc1. The Morgan fingerprint density at radius 1 is 0.711 bits per heavy atom. The molecule has 0 spiro atoms. The van der Waals surface area contributed by atoms with Gasteiger partial charge in [0.25, 0.3) is 0 Å². The van der Waals surface area contributed by atoms with E-state index in [2.05, 4.69) is 143 Å². The fourth-order valence-corrected chi connectivity index (χ4v) is 5.67. The third kappa shape index (κ3) is 7.09. The van der Waals surface area contributed by atoms with E-state index in [1.165, 1.54) is 89.7 Å². The number of hydrogen-bond acceptors (Lipinski definition) is 0. The van der Waals surface area contributed by atoms with E-state index in [9.17, 15) is 0 Å². The average molecular weight is 572 g/mol. The second-order valence-corrected chi connectivity index (χ2v) is 11.0. The molecule has 1 heteroatoms. The zero-order chi connectivity index (χ0) is 26.9. The number of fused-ring (bicyclic) bond motifs is 3. The summed E-state index contributed by atoms with van der Waals surface area (Å²) in [6.07, 6.45) is 8.82. The number of benzene rings is 4. The fraction of sp³-hybridized carbons (Fsp3) is 0.189. The normalized spacial score (nSPS) is 12.3. The van der Waals surface area contributed by atoms with Gasteiger partial charge in [-0.3, -0.25) is 6.08 Å². The first-order chi connectivity index (χ1) is 18.5. The molecular formula is C37H36Zr. The molecule has 0 bridgehead atoms. The zero-order valence-electron chi connectivity index (χ0n) is 23.0. The predicted molar refractivity (Wildman–Crippen MR) is 163 cm³/mol. The van der Waals surface area contributed by atoms with Crippen molar-refractivity contribution in [2.24, 2.45) is 0 Å². The first-order valence-electron chi connectivity index (χ1n) is 13.5. The van der Waals surface area contributed by atoms with Crippen molar-refractivity contribution < 1.29 is 24.2 Å². The summed E-state index contributed by atoms with van der Waals surface area (Å²) < 4.78 is 1.42. The van der Waals surface area contributed by atoms with Gasteiger partial charge in [0.1, 0.15) is 0 Å². The van der Waals surface area contributed by atoms with Gasteiger partial charge in [0.2, 0.25) is 0 Å². The molecule has 0 N–H and O–H groups in total. The third-order valence-electron chi connectivity index (χ3n) is 6.99. The second-order valence-electron chi connectivity index (χ2n) is 9.79. The first-order valence-corrected chi connectivity index (χ1v) is 14.8. The standard InChI is InChI=1S/C15H13.C13H10.C9H13.Zr/c1-10-3-5-14-12(7-10)9-13-8-11(2)4-6-15(13)14;1-3-7-12(8-4-1)11-13-9-5-2-6-10-13;1-3-8-6-5-7-9(8)4-2;/h3-9H,1-2H3;1-10H;6H,3-4,7H2,1-2H3;/q-1;;-1;+2. The summed E-state index contributed by atoms with van der Waals surface area (Å²) in [6.45, 7) is 8.70. The van der Waals surface area contributed by atoms with Crippen molar-refractivity contribution in [3.05, 3.63) is 149 Å². The summed E-state index contributed by atoms with van der Waals surface area (Å²) in [5.74, 6) is 0. The third-order valence-corrected chi connectivity index (χ3v) is 8.41. The van der Waals surface area contributed by atoms with Crippen LogP contribution in [0.2, 0.25) is 0 Å². The van der Waals surface area contributed by atoms with Gasteiger partial charge in [-0.2, -0.15) is 11.1 Å². The molecule has 5 aromatic rings. The molecule has 0 unspecified atom stereocenters. The van der Waals surface area contributed by atoms with Gasteiger partial charge in [-0.1, -0.05) is 62.1 Å². The van der Waals surface area contributed by atoms with Crippen molar-refractivity contribution >= 4 is 24.8 Å². The van der Waals surface area contributed by atoms with Crippen molar-refractivity contribution in [2.45, 2.75) is 47.0 Å². The van der Waals surface area contributed by atoms with Crippen LogP contribution in [0.4, 0.5) is 0 Å². The molecule has 0 saturated carbocycles. The minimum absolute atomic E-state index is 1.08. The molecule has 1 aliphatic carbocycles. The topological polar surface area (TPSA) is 0 Å². The summed E-state index contributed by atoms with van der Waals surface area (Å²) in [7, 11) is 0. The van der Waals surface area contributed by atoms with Gasteiger partial charge >= 0.3 is 99.2 Å². The van der Waals surface area contributed by atoms with Gasteiger partial charge in [0.15, 0.2) is 0 Å². The van der Waals surface area contributed by atoms with Crippen molar-refractivity contribution in [1.29, 1.82) is 0 Å². The summed E-state index contributed by atoms with van der Waals surface area (Å²) >= 11 is 1.46. The number of hydrogen-bond donors (Lipinski definition) is 0. The van der Waals surface area contributed by atoms with Crippen LogP contribution >= 0.6 is 0 Å². The first kappa shape index (κ1) is 28.0. The van der Waals surface area contributed by atoms with Crippen molar-refractivity contribution in [3.63, 3.8) is 0 Å². The minimum atomic E-state index is 1.08. The van der Waals surface area contributed by atoms with Crippen LogP contribution in [-0.4, -0.2) is 3.21 Å². The molecule has 0 aromatic heterocycles. The van der Waals surface area contributed by atoms with Gasteiger partial charge < -0.3 is 0 Å². The molecule has 0 heterocycles. The summed E-state index contributed by atoms with van der Waals surface area (Å²) in [5, 5.41) is 5.46. The molecule has 0 aliphatic heterocycles. The van der Waals surface area contributed by atoms with E-state index in [1.807, 2.05) is 0 Å². The van der Waals surface area contributed by atoms with Crippen molar-refractivity contribution in [2.75, 3.05) is 0 Å². The van der Waals surface area contributed by atoms with Gasteiger partial charge in [0, 0.05) is 0 Å². The molecule has 0 nitrogen and oxygen atoms in total. The predicted octanol–water partition coefficient (Wildman–Crippen LogP) is 10.00. The molecule has 188 valence electrons. The Morgan fingerprint density at radius 2 is 1.21 bits per heavy atom. The van der Waals surface area contributed by atoms with Crippen LogP contribution < -0.4 is 0 Å². The van der Waals surface area contributed by atoms with Crippen LogP contribution in [0.5, 0.6) is 0 Å². The van der Waals surface area contributed by atoms with E-state index < -0.39 is 0 Å². The van der Waals surface area contributed by atoms with E-state index in [1.54, 1.807) is 5.57 Å². The zero-order valence-corrected chi connectivity index (χ0v) is 25.5. The Balaban J connectivity index is 0.000000137. The van der Waals surface area contributed by atoms with Crippen LogP contribution in [0.25, 0.3) is 21.5 Å². The van der Waals surface area contributed by atoms with Gasteiger partial charge in [-0.15, -0.1) is 46.2 Å². The van der Waals surface area contributed by atoms with Gasteiger partial charge in [-0.05, 0) is 13.8 Å². The Morgan fingerprint density at radius 3 is 1.63 bits per heavy atom. The van der Waals surface area contributed by atoms with Crippen LogP contribution in [0.1, 0.15) is 55.4 Å². The molecule has 0 atom stereocenters. The van der Waals surface area contributed by atoms with E-state index in [0.29, 0.717) is 0 Å². The molecular weight excluding hydrogens is 536 g/mol. The van der Waals surface area contributed by atoms with E-state index in [0.717, 1.165) is 6.42 Å². The Labute approximate surface area is 243 Å². The van der Waals surface area contributed by atoms with E-state index in [4.69, 9.17) is 0 Å². The van der Waals surface area contributed by atoms with Crippen LogP contribution in [-0.2, 0) is 24.2 Å². The fourth-order valence-electron chi connectivity index (χ4n) is 4.85. The molecule has 1 aliphatic rings. The van der Waals surface area contributed by atoms with Crippen LogP contribution in [0.15, 0.2) is 120 Å². The van der Waals surface area contributed by atoms with Crippen molar-refractivity contribution in [3.8, 4) is 0 Å². The average Bonchev–Trinajstić information content (AvgIpc) is 3.57. The summed E-state index contributed by atoms with van der Waals surface area (Å²) in [6, 6.07) is 36.7. The summed E-state index contributed by atoms with van der Waals surface area (Å²) in [4.78, 5) is 0. The quantitative estimate of drug-likeness (QED) is 0.188. The van der Waals surface area contributed by atoms with Crippen LogP contribution in [0.3, 0.4) is 0 Å². The second kappa shape index (κ2) is 13.7. The van der Waals surface area contributed by atoms with Crippen molar-refractivity contribution in [1.82, 2.24) is 0 Å². The van der Waals surface area contributed by atoms with Crippen LogP contribution in [0, 0.1) is 19.9 Å². The maximum atomic E-state index is 3.23. The Kier molecular flexibility index (Phi) is 10.1. The number of rotatable bonds is 4. The Bertz CT molecular complexity index is 1470. The number of aryl methyl sites for hydroxylation is 2. The summed E-state index contributed by atoms with van der Waals surface area (Å²) in [5.41, 5.74) is 8.41. The molecule has 0 amide bonds. The van der Waals surface area contributed by atoms with E-state index in [-0.39, 0.29) is 0 Å². The molecule has 6 rings (SSSR count). The van der Waals surface area contributed by atoms with Gasteiger partial charge in [-0.25, -0.2) is 6.08 Å². The number of allylic oxidation sites excluding steroid dienone is 4. The Hall–Kier alpha value is -3.02. The molecule has 0 fully saturated rings. The molecule has 5 aromatic carbocycles. The van der Waals surface area contributed by atoms with Gasteiger partial charge in [0.05, 0.1) is 0 Å². The molecule has 0 saturated heterocycles. The monoisotopic (exact) mass is 570 g/mol.